The van der Waals surface area contributed by atoms with Crippen LogP contribution in [0.2, 0.25) is 0 Å². The van der Waals surface area contributed by atoms with Gasteiger partial charge in [-0.25, -0.2) is 13.6 Å². The summed E-state index contributed by atoms with van der Waals surface area (Å²) in [6.45, 7) is 4.48. The van der Waals surface area contributed by atoms with Crippen LogP contribution in [0.15, 0.2) is 21.6 Å². The number of sulfonamides is 1. The molecule has 0 bridgehead atoms. The summed E-state index contributed by atoms with van der Waals surface area (Å²) >= 11 is 0. The molecule has 0 aliphatic heterocycles. The van der Waals surface area contributed by atoms with Gasteiger partial charge in [0, 0.05) is 19.6 Å². The van der Waals surface area contributed by atoms with Crippen LogP contribution in [0.3, 0.4) is 0 Å². The van der Waals surface area contributed by atoms with Crippen LogP contribution in [0.4, 0.5) is 0 Å². The fourth-order valence-electron chi connectivity index (χ4n) is 1.55. The smallest absolute Gasteiger partial charge is 0.289 e. The zero-order valence-electron chi connectivity index (χ0n) is 11.9. The van der Waals surface area contributed by atoms with Crippen molar-refractivity contribution in [1.29, 1.82) is 0 Å². The highest BCUT2D eigenvalue weighted by Crippen LogP contribution is 2.14. The van der Waals surface area contributed by atoms with Crippen LogP contribution in [-0.2, 0) is 10.0 Å². The molecule has 0 saturated carbocycles. The number of rotatable bonds is 6. The van der Waals surface area contributed by atoms with Crippen LogP contribution in [0.1, 0.15) is 30.8 Å². The monoisotopic (exact) mass is 303 g/mol. The number of amides is 1. The average molecular weight is 303 g/mol. The second-order valence-electron chi connectivity index (χ2n) is 5.09. The summed E-state index contributed by atoms with van der Waals surface area (Å²) in [6.07, 6.45) is 0.655. The van der Waals surface area contributed by atoms with Crippen molar-refractivity contribution < 1.29 is 17.6 Å². The van der Waals surface area contributed by atoms with Crippen molar-refractivity contribution in [2.45, 2.75) is 31.4 Å². The predicted octanol–water partition coefficient (Wildman–Crippen LogP) is 0.372. The van der Waals surface area contributed by atoms with E-state index < -0.39 is 21.0 Å². The van der Waals surface area contributed by atoms with Gasteiger partial charge in [0.2, 0.25) is 5.09 Å². The maximum absolute atomic E-state index is 12.0. The number of carbonyl (C=O) groups excluding carboxylic acids is 1. The Kier molecular flexibility index (Phi) is 5.32. The van der Waals surface area contributed by atoms with Gasteiger partial charge in [-0.3, -0.25) is 4.79 Å². The molecule has 0 saturated heterocycles. The van der Waals surface area contributed by atoms with E-state index in [4.69, 9.17) is 15.3 Å². The number of hydrogen-bond acceptors (Lipinski definition) is 5. The predicted molar refractivity (Wildman–Crippen MR) is 74.5 cm³/mol. The average Bonchev–Trinajstić information content (AvgIpc) is 2.83. The van der Waals surface area contributed by atoms with Crippen LogP contribution >= 0.6 is 0 Å². The third-order valence-electron chi connectivity index (χ3n) is 3.07. The molecule has 1 heterocycles. The largest absolute Gasteiger partial charge is 0.438 e. The Hall–Kier alpha value is -1.38. The van der Waals surface area contributed by atoms with E-state index in [0.717, 1.165) is 6.07 Å². The lowest BCUT2D eigenvalue weighted by atomic mass is 10.0. The Morgan fingerprint density at radius 1 is 1.40 bits per heavy atom. The van der Waals surface area contributed by atoms with E-state index in [-0.39, 0.29) is 11.8 Å². The van der Waals surface area contributed by atoms with Gasteiger partial charge in [0.1, 0.15) is 0 Å². The van der Waals surface area contributed by atoms with Crippen molar-refractivity contribution in [3.05, 3.63) is 17.9 Å². The fraction of sp³-hybridized carbons (Fsp3) is 0.583. The molecule has 1 unspecified atom stereocenters. The summed E-state index contributed by atoms with van der Waals surface area (Å²) in [5, 5.41) is 4.49. The topological polar surface area (TPSA) is 120 Å². The summed E-state index contributed by atoms with van der Waals surface area (Å²) in [4.78, 5) is 13.5. The van der Waals surface area contributed by atoms with Crippen LogP contribution in [0.25, 0.3) is 0 Å². The molecule has 1 amide bonds. The summed E-state index contributed by atoms with van der Waals surface area (Å²) in [5.41, 5.74) is 5.91. The van der Waals surface area contributed by atoms with Gasteiger partial charge < -0.3 is 15.1 Å². The van der Waals surface area contributed by atoms with E-state index in [1.165, 1.54) is 11.0 Å². The molecule has 0 radical (unpaired) electrons. The number of primary sulfonamides is 1. The number of furan rings is 1. The summed E-state index contributed by atoms with van der Waals surface area (Å²) in [7, 11) is -2.33. The molecule has 8 heteroatoms. The van der Waals surface area contributed by atoms with E-state index in [0.29, 0.717) is 18.9 Å². The molecule has 1 aromatic rings. The van der Waals surface area contributed by atoms with Crippen molar-refractivity contribution in [2.75, 3.05) is 13.6 Å². The molecular formula is C12H21N3O4S. The lowest BCUT2D eigenvalue weighted by Crippen LogP contribution is -2.34. The van der Waals surface area contributed by atoms with E-state index in [9.17, 15) is 13.2 Å². The summed E-state index contributed by atoms with van der Waals surface area (Å²) < 4.78 is 27.1. The maximum atomic E-state index is 12.0. The molecule has 0 aliphatic carbocycles. The molecule has 20 heavy (non-hydrogen) atoms. The minimum atomic E-state index is -3.94. The van der Waals surface area contributed by atoms with Crippen molar-refractivity contribution in [1.82, 2.24) is 4.90 Å². The second kappa shape index (κ2) is 6.38. The highest BCUT2D eigenvalue weighted by molar-refractivity contribution is 7.89. The summed E-state index contributed by atoms with van der Waals surface area (Å²) in [6, 6.07) is 2.46. The Morgan fingerprint density at radius 3 is 2.45 bits per heavy atom. The van der Waals surface area contributed by atoms with Gasteiger partial charge in [-0.1, -0.05) is 13.8 Å². The van der Waals surface area contributed by atoms with Crippen LogP contribution in [-0.4, -0.2) is 38.9 Å². The van der Waals surface area contributed by atoms with Gasteiger partial charge in [-0.05, 0) is 24.5 Å². The molecule has 1 aromatic heterocycles. The lowest BCUT2D eigenvalue weighted by molar-refractivity contribution is 0.0752. The van der Waals surface area contributed by atoms with Crippen molar-refractivity contribution in [2.24, 2.45) is 16.8 Å². The molecular weight excluding hydrogens is 282 g/mol. The molecule has 1 atom stereocenters. The van der Waals surface area contributed by atoms with E-state index in [2.05, 4.69) is 0 Å². The van der Waals surface area contributed by atoms with Gasteiger partial charge in [-0.15, -0.1) is 0 Å². The lowest BCUT2D eigenvalue weighted by Gasteiger charge is -2.20. The second-order valence-corrected chi connectivity index (χ2v) is 6.58. The molecule has 0 aromatic carbocycles. The SMILES string of the molecule is CC(C)C(N)CCN(C)C(=O)c1ccc(S(N)(=O)=O)o1. The van der Waals surface area contributed by atoms with Crippen molar-refractivity contribution in [3.8, 4) is 0 Å². The first kappa shape index (κ1) is 16.7. The zero-order valence-corrected chi connectivity index (χ0v) is 12.7. The minimum Gasteiger partial charge on any atom is -0.438 e. The van der Waals surface area contributed by atoms with Crippen molar-refractivity contribution in [3.63, 3.8) is 0 Å². The van der Waals surface area contributed by atoms with Crippen molar-refractivity contribution >= 4 is 15.9 Å². The van der Waals surface area contributed by atoms with E-state index in [1.54, 1.807) is 7.05 Å². The van der Waals surface area contributed by atoms with Crippen LogP contribution in [0, 0.1) is 5.92 Å². The number of nitrogens with two attached hydrogens (primary N) is 2. The molecule has 0 aliphatic rings. The molecule has 7 nitrogen and oxygen atoms in total. The van der Waals surface area contributed by atoms with Gasteiger partial charge in [0.15, 0.2) is 5.76 Å². The summed E-state index contributed by atoms with van der Waals surface area (Å²) in [5.74, 6) is -0.137. The Balaban J connectivity index is 2.68. The Morgan fingerprint density at radius 2 is 2.00 bits per heavy atom. The van der Waals surface area contributed by atoms with Crippen LogP contribution in [0.5, 0.6) is 0 Å². The molecule has 4 N–H and O–H groups in total. The van der Waals surface area contributed by atoms with Crippen LogP contribution < -0.4 is 10.9 Å². The molecule has 0 fully saturated rings. The van der Waals surface area contributed by atoms with Gasteiger partial charge in [0.25, 0.3) is 15.9 Å². The first-order valence-electron chi connectivity index (χ1n) is 6.26. The fourth-order valence-corrected chi connectivity index (χ4v) is 2.02. The van der Waals surface area contributed by atoms with Gasteiger partial charge in [0.05, 0.1) is 0 Å². The Labute approximate surface area is 119 Å². The van der Waals surface area contributed by atoms with E-state index in [1.807, 2.05) is 13.8 Å². The third kappa shape index (κ3) is 4.32. The van der Waals surface area contributed by atoms with Gasteiger partial charge in [-0.2, -0.15) is 0 Å². The first-order valence-corrected chi connectivity index (χ1v) is 7.81. The molecule has 114 valence electrons. The van der Waals surface area contributed by atoms with Gasteiger partial charge >= 0.3 is 0 Å². The normalized spacial score (nSPS) is 13.5. The first-order chi connectivity index (χ1) is 9.12. The zero-order chi connectivity index (χ0) is 15.5. The molecule has 1 rings (SSSR count). The third-order valence-corrected chi connectivity index (χ3v) is 3.85. The number of carbonyl (C=O) groups is 1. The highest BCUT2D eigenvalue weighted by atomic mass is 32.2. The minimum absolute atomic E-state index is 0.00170. The standard InChI is InChI=1S/C12H21N3O4S/c1-8(2)9(13)6-7-15(3)12(16)10-4-5-11(19-10)20(14,17)18/h4-5,8-9H,6-7,13H2,1-3H3,(H2,14,17,18). The van der Waals surface area contributed by atoms with E-state index >= 15 is 0 Å². The molecule has 0 spiro atoms. The Bertz CT molecular complexity index is 565. The number of nitrogens with zero attached hydrogens (tertiary/aromatic N) is 1. The quantitative estimate of drug-likeness (QED) is 0.787. The highest BCUT2D eigenvalue weighted by Gasteiger charge is 2.20. The maximum Gasteiger partial charge on any atom is 0.289 e. The number of hydrogen-bond donors (Lipinski definition) is 2.